The largest absolute Gasteiger partial charge is 0.494 e. The number of anilines is 1. The third-order valence-corrected chi connectivity index (χ3v) is 6.49. The third-order valence-electron chi connectivity index (χ3n) is 4.84. The van der Waals surface area contributed by atoms with Crippen molar-refractivity contribution in [3.05, 3.63) is 70.5 Å². The molecule has 4 bridgehead atoms. The number of hydrogen-bond acceptors (Lipinski definition) is 6. The summed E-state index contributed by atoms with van der Waals surface area (Å²) in [6.45, 7) is -0.434. The zero-order chi connectivity index (χ0) is 24.6. The molecule has 178 valence electrons. The Morgan fingerprint density at radius 3 is 2.47 bits per heavy atom. The number of carbonyl (C=O) groups is 1. The second-order valence-electron chi connectivity index (χ2n) is 7.04. The van der Waals surface area contributed by atoms with E-state index >= 15 is 0 Å². The Morgan fingerprint density at radius 2 is 1.74 bits per heavy atom. The zero-order valence-corrected chi connectivity index (χ0v) is 18.9. The predicted octanol–water partition coefficient (Wildman–Crippen LogP) is 4.78. The number of rotatable bonds is 1. The highest BCUT2D eigenvalue weighted by Crippen LogP contribution is 2.38. The van der Waals surface area contributed by atoms with Crippen LogP contribution in [0, 0.1) is 17.5 Å². The van der Waals surface area contributed by atoms with E-state index in [2.05, 4.69) is 0 Å². The molecule has 3 aromatic carbocycles. The Balaban J connectivity index is 1.96. The molecule has 0 amide bonds. The van der Waals surface area contributed by atoms with Gasteiger partial charge in [0.2, 0.25) is 0 Å². The molecule has 0 aromatic heterocycles. The highest BCUT2D eigenvalue weighted by atomic mass is 35.5. The summed E-state index contributed by atoms with van der Waals surface area (Å²) < 4.78 is 86.9. The second-order valence-corrected chi connectivity index (χ2v) is 9.10. The SMILES string of the molecule is COc1c(Cl)cc2cc1S(=O)(=O)Nc1cc(cc(F)c1F)-c1cc(F)ccc1OCCOC2=O. The summed E-state index contributed by atoms with van der Waals surface area (Å²) in [6, 6.07) is 7.17. The minimum absolute atomic E-state index is 0.0155. The normalized spacial score (nSPS) is 15.0. The lowest BCUT2D eigenvalue weighted by atomic mass is 10.0. The number of halogens is 4. The maximum absolute atomic E-state index is 14.6. The number of sulfonamides is 1. The summed E-state index contributed by atoms with van der Waals surface area (Å²) in [5.74, 6) is -4.78. The van der Waals surface area contributed by atoms with Gasteiger partial charge in [0.15, 0.2) is 17.4 Å². The number of esters is 1. The molecular weight excluding hydrogens is 499 g/mol. The molecule has 1 aliphatic rings. The van der Waals surface area contributed by atoms with Crippen molar-refractivity contribution in [1.82, 2.24) is 0 Å². The van der Waals surface area contributed by atoms with Crippen LogP contribution < -0.4 is 14.2 Å². The molecule has 4 rings (SSSR count). The van der Waals surface area contributed by atoms with Crippen LogP contribution in [0.5, 0.6) is 11.5 Å². The lowest BCUT2D eigenvalue weighted by Gasteiger charge is -2.16. The van der Waals surface area contributed by atoms with Gasteiger partial charge in [0, 0.05) is 5.56 Å². The third kappa shape index (κ3) is 4.48. The fourth-order valence-electron chi connectivity index (χ4n) is 3.33. The zero-order valence-electron chi connectivity index (χ0n) is 17.3. The Kier molecular flexibility index (Phi) is 6.32. The maximum atomic E-state index is 14.6. The maximum Gasteiger partial charge on any atom is 0.338 e. The summed E-state index contributed by atoms with van der Waals surface area (Å²) in [5, 5.41) is -0.235. The van der Waals surface area contributed by atoms with E-state index in [0.717, 1.165) is 43.5 Å². The fourth-order valence-corrected chi connectivity index (χ4v) is 4.95. The van der Waals surface area contributed by atoms with E-state index in [1.165, 1.54) is 6.07 Å². The van der Waals surface area contributed by atoms with Gasteiger partial charge in [0.05, 0.1) is 23.4 Å². The van der Waals surface area contributed by atoms with Crippen LogP contribution in [0.3, 0.4) is 0 Å². The molecule has 1 aliphatic heterocycles. The van der Waals surface area contributed by atoms with Gasteiger partial charge in [-0.25, -0.2) is 26.4 Å². The van der Waals surface area contributed by atoms with Gasteiger partial charge < -0.3 is 14.2 Å². The minimum Gasteiger partial charge on any atom is -0.494 e. The van der Waals surface area contributed by atoms with Crippen LogP contribution in [0.1, 0.15) is 10.4 Å². The molecule has 1 heterocycles. The van der Waals surface area contributed by atoms with Crippen LogP contribution in [0.25, 0.3) is 11.1 Å². The van der Waals surface area contributed by atoms with E-state index in [-0.39, 0.29) is 46.4 Å². The van der Waals surface area contributed by atoms with Crippen LogP contribution >= 0.6 is 11.6 Å². The standard InChI is InChI=1S/C22H15ClF3NO6S/c1-31-21-15(23)6-12-9-19(21)34(29,30)27-17-8-11(7-16(25)20(17)26)14-10-13(24)2-3-18(14)32-4-5-33-22(12)28/h2-3,6-10,27H,4-5H2,1H3. The number of ether oxygens (including phenoxy) is 3. The highest BCUT2D eigenvalue weighted by molar-refractivity contribution is 7.92. The lowest BCUT2D eigenvalue weighted by molar-refractivity contribution is 0.0450. The van der Waals surface area contributed by atoms with Gasteiger partial charge in [-0.05, 0) is 48.0 Å². The van der Waals surface area contributed by atoms with E-state index < -0.39 is 44.0 Å². The first kappa shape index (κ1) is 23.7. The molecule has 0 saturated carbocycles. The van der Waals surface area contributed by atoms with Gasteiger partial charge in [-0.1, -0.05) is 11.6 Å². The molecule has 0 saturated heterocycles. The summed E-state index contributed by atoms with van der Waals surface area (Å²) in [7, 11) is -3.53. The second kappa shape index (κ2) is 9.07. The van der Waals surface area contributed by atoms with E-state index in [0.29, 0.717) is 0 Å². The van der Waals surface area contributed by atoms with E-state index in [4.69, 9.17) is 25.8 Å². The number of hydrogen-bond donors (Lipinski definition) is 1. The van der Waals surface area contributed by atoms with Crippen molar-refractivity contribution < 1.29 is 40.6 Å². The van der Waals surface area contributed by atoms with Gasteiger partial charge in [-0.3, -0.25) is 4.72 Å². The van der Waals surface area contributed by atoms with Crippen molar-refractivity contribution >= 4 is 33.3 Å². The lowest BCUT2D eigenvalue weighted by Crippen LogP contribution is -2.17. The average Bonchev–Trinajstić information content (AvgIpc) is 2.79. The number of benzene rings is 3. The molecule has 0 fully saturated rings. The summed E-state index contributed by atoms with van der Waals surface area (Å²) in [4.78, 5) is 11.9. The molecule has 0 spiro atoms. The quantitative estimate of drug-likeness (QED) is 0.471. The van der Waals surface area contributed by atoms with E-state index in [1.54, 1.807) is 0 Å². The molecule has 12 heteroatoms. The molecule has 0 atom stereocenters. The first-order valence-electron chi connectivity index (χ1n) is 9.60. The fraction of sp³-hybridized carbons (Fsp3) is 0.136. The van der Waals surface area contributed by atoms with Crippen molar-refractivity contribution in [3.8, 4) is 22.6 Å². The Labute approximate surface area is 197 Å². The number of carbonyl (C=O) groups excluding carboxylic acids is 1. The van der Waals surface area contributed by atoms with Crippen LogP contribution in [0.2, 0.25) is 5.02 Å². The molecule has 0 radical (unpaired) electrons. The van der Waals surface area contributed by atoms with Crippen LogP contribution in [0.15, 0.2) is 47.4 Å². The van der Waals surface area contributed by atoms with E-state index in [9.17, 15) is 26.4 Å². The Bertz CT molecular complexity index is 1410. The van der Waals surface area contributed by atoms with Crippen LogP contribution in [0.4, 0.5) is 18.9 Å². The summed E-state index contributed by atoms with van der Waals surface area (Å²) in [6.07, 6.45) is 0. The number of cyclic esters (lactones) is 1. The first-order chi connectivity index (χ1) is 16.1. The van der Waals surface area contributed by atoms with E-state index in [1.807, 2.05) is 4.72 Å². The molecule has 0 aliphatic carbocycles. The van der Waals surface area contributed by atoms with Gasteiger partial charge in [0.1, 0.15) is 29.7 Å². The number of fused-ring (bicyclic) bond motifs is 6. The molecular formula is C22H15ClF3NO6S. The number of nitrogens with one attached hydrogen (secondary N) is 1. The van der Waals surface area contributed by atoms with Crippen molar-refractivity contribution in [2.24, 2.45) is 0 Å². The molecule has 7 nitrogen and oxygen atoms in total. The van der Waals surface area contributed by atoms with Crippen molar-refractivity contribution in [1.29, 1.82) is 0 Å². The Morgan fingerprint density at radius 1 is 1.00 bits per heavy atom. The van der Waals surface area contributed by atoms with Crippen molar-refractivity contribution in [2.45, 2.75) is 4.90 Å². The molecule has 0 unspecified atom stereocenters. The first-order valence-corrected chi connectivity index (χ1v) is 11.5. The minimum atomic E-state index is -4.67. The monoisotopic (exact) mass is 513 g/mol. The van der Waals surface area contributed by atoms with Gasteiger partial charge in [-0.2, -0.15) is 0 Å². The van der Waals surface area contributed by atoms with Gasteiger partial charge >= 0.3 is 5.97 Å². The molecule has 34 heavy (non-hydrogen) atoms. The summed E-state index contributed by atoms with van der Waals surface area (Å²) >= 11 is 6.10. The molecule has 1 N–H and O–H groups in total. The predicted molar refractivity (Wildman–Crippen MR) is 116 cm³/mol. The summed E-state index contributed by atoms with van der Waals surface area (Å²) in [5.41, 5.74) is -1.06. The average molecular weight is 514 g/mol. The topological polar surface area (TPSA) is 90.9 Å². The Hall–Kier alpha value is -3.44. The molecule has 3 aromatic rings. The van der Waals surface area contributed by atoms with Crippen molar-refractivity contribution in [3.63, 3.8) is 0 Å². The van der Waals surface area contributed by atoms with Gasteiger partial charge in [-0.15, -0.1) is 0 Å². The number of methoxy groups -OCH3 is 1. The van der Waals surface area contributed by atoms with Crippen LogP contribution in [-0.4, -0.2) is 34.7 Å². The van der Waals surface area contributed by atoms with Crippen LogP contribution in [-0.2, 0) is 14.8 Å². The highest BCUT2D eigenvalue weighted by Gasteiger charge is 2.27. The smallest absolute Gasteiger partial charge is 0.338 e. The van der Waals surface area contributed by atoms with Gasteiger partial charge in [0.25, 0.3) is 10.0 Å². The van der Waals surface area contributed by atoms with Crippen molar-refractivity contribution in [2.75, 3.05) is 25.0 Å².